The smallest absolute Gasteiger partial charge is 0.327 e. The molecule has 2 aromatic rings. The van der Waals surface area contributed by atoms with Gasteiger partial charge in [0.15, 0.2) is 0 Å². The number of aryl methyl sites for hydroxylation is 1. The topological polar surface area (TPSA) is 79.0 Å². The molecule has 0 saturated heterocycles. The third-order valence-corrected chi connectivity index (χ3v) is 4.23. The maximum atomic E-state index is 12.4. The minimum Gasteiger partial charge on any atom is -0.327 e. The van der Waals surface area contributed by atoms with Crippen molar-refractivity contribution in [1.82, 2.24) is 4.98 Å². The van der Waals surface area contributed by atoms with Gasteiger partial charge in [-0.1, -0.05) is 0 Å². The fourth-order valence-corrected chi connectivity index (χ4v) is 2.73. The maximum Gasteiger partial charge on any atom is 0.416 e. The SMILES string of the molecule is Cc1cc(NS(=O)(=O)c2ccc(C(F)(F)F)cc2)c[nH]c1=O. The van der Waals surface area contributed by atoms with Crippen molar-refractivity contribution < 1.29 is 21.6 Å². The van der Waals surface area contributed by atoms with Crippen LogP contribution in [0.1, 0.15) is 11.1 Å². The molecule has 1 aromatic carbocycles. The van der Waals surface area contributed by atoms with Crippen LogP contribution in [0.2, 0.25) is 0 Å². The molecule has 1 aromatic heterocycles. The molecule has 5 nitrogen and oxygen atoms in total. The summed E-state index contributed by atoms with van der Waals surface area (Å²) in [6, 6.07) is 4.42. The van der Waals surface area contributed by atoms with Crippen LogP contribution in [0.4, 0.5) is 18.9 Å². The van der Waals surface area contributed by atoms with Gasteiger partial charge in [-0.15, -0.1) is 0 Å². The number of sulfonamides is 1. The van der Waals surface area contributed by atoms with Gasteiger partial charge in [-0.05, 0) is 37.3 Å². The quantitative estimate of drug-likeness (QED) is 0.906. The Morgan fingerprint density at radius 3 is 2.23 bits per heavy atom. The molecule has 0 aliphatic rings. The van der Waals surface area contributed by atoms with Crippen molar-refractivity contribution >= 4 is 15.7 Å². The van der Waals surface area contributed by atoms with E-state index in [2.05, 4.69) is 9.71 Å². The molecular formula is C13H11F3N2O3S. The van der Waals surface area contributed by atoms with E-state index in [0.717, 1.165) is 18.3 Å². The lowest BCUT2D eigenvalue weighted by atomic mass is 10.2. The first-order chi connectivity index (χ1) is 10.1. The number of H-pyrrole nitrogens is 1. The highest BCUT2D eigenvalue weighted by Crippen LogP contribution is 2.29. The molecule has 22 heavy (non-hydrogen) atoms. The molecule has 0 fully saturated rings. The second-order valence-corrected chi connectivity index (χ2v) is 6.21. The fraction of sp³-hybridized carbons (Fsp3) is 0.154. The zero-order chi connectivity index (χ0) is 16.5. The fourth-order valence-electron chi connectivity index (χ4n) is 1.69. The summed E-state index contributed by atoms with van der Waals surface area (Å²) in [7, 11) is -4.04. The van der Waals surface area contributed by atoms with Gasteiger partial charge < -0.3 is 4.98 Å². The maximum absolute atomic E-state index is 12.4. The third kappa shape index (κ3) is 3.48. The molecular weight excluding hydrogens is 321 g/mol. The summed E-state index contributed by atoms with van der Waals surface area (Å²) in [6.45, 7) is 1.49. The number of rotatable bonds is 3. The minimum atomic E-state index is -4.54. The molecule has 0 spiro atoms. The Balaban J connectivity index is 2.30. The summed E-state index contributed by atoms with van der Waals surface area (Å²) >= 11 is 0. The number of hydrogen-bond donors (Lipinski definition) is 2. The molecule has 1 heterocycles. The minimum absolute atomic E-state index is 0.108. The number of nitrogens with one attached hydrogen (secondary N) is 2. The second-order valence-electron chi connectivity index (χ2n) is 4.53. The first kappa shape index (κ1) is 16.1. The van der Waals surface area contributed by atoms with Gasteiger partial charge in [0.1, 0.15) is 0 Å². The predicted molar refractivity (Wildman–Crippen MR) is 74.1 cm³/mol. The number of aromatic amines is 1. The van der Waals surface area contributed by atoms with E-state index in [1.807, 2.05) is 0 Å². The summed E-state index contributed by atoms with van der Waals surface area (Å²) in [5.74, 6) is 0. The molecule has 0 aliphatic carbocycles. The van der Waals surface area contributed by atoms with E-state index in [-0.39, 0.29) is 16.1 Å². The Morgan fingerprint density at radius 1 is 1.14 bits per heavy atom. The Morgan fingerprint density at radius 2 is 1.73 bits per heavy atom. The standard InChI is InChI=1S/C13H11F3N2O3S/c1-8-6-10(7-17-12(8)19)18-22(20,21)11-4-2-9(3-5-11)13(14,15)16/h2-7,18H,1H3,(H,17,19). The molecule has 0 radical (unpaired) electrons. The molecule has 0 atom stereocenters. The normalized spacial score (nSPS) is 12.2. The molecule has 0 aliphatic heterocycles. The van der Waals surface area contributed by atoms with E-state index in [0.29, 0.717) is 17.7 Å². The lowest BCUT2D eigenvalue weighted by Gasteiger charge is -2.10. The molecule has 2 rings (SSSR count). The average molecular weight is 332 g/mol. The lowest BCUT2D eigenvalue weighted by molar-refractivity contribution is -0.137. The largest absolute Gasteiger partial charge is 0.416 e. The van der Waals surface area contributed by atoms with E-state index in [4.69, 9.17) is 0 Å². The summed E-state index contributed by atoms with van der Waals surface area (Å²) in [6.07, 6.45) is -3.37. The van der Waals surface area contributed by atoms with Crippen LogP contribution in [0.3, 0.4) is 0 Å². The van der Waals surface area contributed by atoms with Crippen LogP contribution in [-0.2, 0) is 16.2 Å². The van der Waals surface area contributed by atoms with Crippen LogP contribution in [-0.4, -0.2) is 13.4 Å². The van der Waals surface area contributed by atoms with Crippen LogP contribution >= 0.6 is 0 Å². The molecule has 2 N–H and O–H groups in total. The average Bonchev–Trinajstić information content (AvgIpc) is 2.42. The van der Waals surface area contributed by atoms with Crippen molar-refractivity contribution in [3.63, 3.8) is 0 Å². The van der Waals surface area contributed by atoms with Gasteiger partial charge in [0.2, 0.25) is 0 Å². The summed E-state index contributed by atoms with van der Waals surface area (Å²) < 4.78 is 63.7. The first-order valence-corrected chi connectivity index (χ1v) is 7.47. The first-order valence-electron chi connectivity index (χ1n) is 5.99. The van der Waals surface area contributed by atoms with Crippen molar-refractivity contribution in [3.05, 3.63) is 58.0 Å². The van der Waals surface area contributed by atoms with Gasteiger partial charge in [0.05, 0.1) is 16.1 Å². The van der Waals surface area contributed by atoms with Crippen molar-refractivity contribution in [2.24, 2.45) is 0 Å². The van der Waals surface area contributed by atoms with Crippen molar-refractivity contribution in [2.45, 2.75) is 18.0 Å². The zero-order valence-electron chi connectivity index (χ0n) is 11.2. The Hall–Kier alpha value is -2.29. The predicted octanol–water partition coefficient (Wildman–Crippen LogP) is 2.50. The van der Waals surface area contributed by atoms with Crippen LogP contribution in [0, 0.1) is 6.92 Å². The highest BCUT2D eigenvalue weighted by Gasteiger charge is 2.30. The van der Waals surface area contributed by atoms with Gasteiger partial charge in [0, 0.05) is 11.8 Å². The van der Waals surface area contributed by atoms with Crippen molar-refractivity contribution in [3.8, 4) is 0 Å². The molecule has 0 bridgehead atoms. The number of hydrogen-bond acceptors (Lipinski definition) is 3. The van der Waals surface area contributed by atoms with Gasteiger partial charge in [-0.2, -0.15) is 13.2 Å². The second kappa shape index (κ2) is 5.48. The number of aromatic nitrogens is 1. The van der Waals surface area contributed by atoms with Crippen LogP contribution in [0.5, 0.6) is 0 Å². The molecule has 9 heteroatoms. The molecule has 0 amide bonds. The number of pyridine rings is 1. The van der Waals surface area contributed by atoms with E-state index in [1.165, 1.54) is 13.0 Å². The molecule has 0 unspecified atom stereocenters. The Bertz CT molecular complexity index is 840. The van der Waals surface area contributed by atoms with Gasteiger partial charge in [-0.3, -0.25) is 9.52 Å². The lowest BCUT2D eigenvalue weighted by Crippen LogP contribution is -2.16. The highest BCUT2D eigenvalue weighted by atomic mass is 32.2. The number of benzene rings is 1. The van der Waals surface area contributed by atoms with Crippen LogP contribution in [0.15, 0.2) is 46.2 Å². The van der Waals surface area contributed by atoms with Crippen LogP contribution < -0.4 is 10.3 Å². The van der Waals surface area contributed by atoms with Gasteiger partial charge in [-0.25, -0.2) is 8.42 Å². The summed E-state index contributed by atoms with van der Waals surface area (Å²) in [5.41, 5.74) is -0.895. The summed E-state index contributed by atoms with van der Waals surface area (Å²) in [5, 5.41) is 0. The van der Waals surface area contributed by atoms with Crippen LogP contribution in [0.25, 0.3) is 0 Å². The van der Waals surface area contributed by atoms with Crippen molar-refractivity contribution in [1.29, 1.82) is 0 Å². The van der Waals surface area contributed by atoms with E-state index in [9.17, 15) is 26.4 Å². The van der Waals surface area contributed by atoms with Gasteiger partial charge >= 0.3 is 6.18 Å². The number of alkyl halides is 3. The monoisotopic (exact) mass is 332 g/mol. The van der Waals surface area contributed by atoms with E-state index < -0.39 is 21.8 Å². The van der Waals surface area contributed by atoms with Crippen molar-refractivity contribution in [2.75, 3.05) is 4.72 Å². The third-order valence-electron chi connectivity index (χ3n) is 2.83. The number of halogens is 3. The Labute approximate surface area is 123 Å². The highest BCUT2D eigenvalue weighted by molar-refractivity contribution is 7.92. The zero-order valence-corrected chi connectivity index (χ0v) is 12.0. The van der Waals surface area contributed by atoms with E-state index in [1.54, 1.807) is 0 Å². The Kier molecular flexibility index (Phi) is 4.01. The van der Waals surface area contributed by atoms with Gasteiger partial charge in [0.25, 0.3) is 15.6 Å². The molecule has 118 valence electrons. The number of anilines is 1. The van der Waals surface area contributed by atoms with E-state index >= 15 is 0 Å². The molecule has 0 saturated carbocycles. The summed E-state index contributed by atoms with van der Waals surface area (Å²) in [4.78, 5) is 13.2.